The molecular weight excluding hydrogens is 208 g/mol. The molecule has 0 unspecified atom stereocenters. The Hall–Kier alpha value is -1.11. The smallest absolute Gasteiger partial charge is 0.162 e. The van der Waals surface area contributed by atoms with Crippen LogP contribution in [-0.2, 0) is 5.41 Å². The van der Waals surface area contributed by atoms with E-state index in [2.05, 4.69) is 39.0 Å². The Labute approximate surface area is 104 Å². The van der Waals surface area contributed by atoms with Crippen molar-refractivity contribution in [2.75, 3.05) is 0 Å². The third kappa shape index (κ3) is 2.77. The maximum atomic E-state index is 11.9. The fourth-order valence-electron chi connectivity index (χ4n) is 2.10. The van der Waals surface area contributed by atoms with Gasteiger partial charge in [0.1, 0.15) is 0 Å². The second kappa shape index (κ2) is 4.29. The first-order chi connectivity index (χ1) is 7.91. The summed E-state index contributed by atoms with van der Waals surface area (Å²) >= 11 is 0. The quantitative estimate of drug-likeness (QED) is 0.701. The summed E-state index contributed by atoms with van der Waals surface area (Å²) in [6.07, 6.45) is 3.17. The van der Waals surface area contributed by atoms with Crippen LogP contribution >= 0.6 is 0 Å². The normalized spacial score (nSPS) is 16.0. The Kier molecular flexibility index (Phi) is 3.11. The first-order valence-electron chi connectivity index (χ1n) is 6.60. The van der Waals surface area contributed by atoms with Gasteiger partial charge in [0, 0.05) is 12.0 Å². The second-order valence-corrected chi connectivity index (χ2v) is 6.14. The average molecular weight is 230 g/mol. The third-order valence-electron chi connectivity index (χ3n) is 3.51. The summed E-state index contributed by atoms with van der Waals surface area (Å²) in [5, 5.41) is 0. The van der Waals surface area contributed by atoms with Gasteiger partial charge in [0.2, 0.25) is 0 Å². The third-order valence-corrected chi connectivity index (χ3v) is 3.51. The van der Waals surface area contributed by atoms with Crippen molar-refractivity contribution in [3.05, 3.63) is 34.9 Å². The Morgan fingerprint density at radius 1 is 1.24 bits per heavy atom. The molecule has 1 heteroatoms. The summed E-state index contributed by atoms with van der Waals surface area (Å²) in [6.45, 7) is 8.56. The molecule has 0 bridgehead atoms. The van der Waals surface area contributed by atoms with Gasteiger partial charge in [-0.05, 0) is 47.4 Å². The lowest BCUT2D eigenvalue weighted by Crippen LogP contribution is -2.13. The van der Waals surface area contributed by atoms with E-state index >= 15 is 0 Å². The summed E-state index contributed by atoms with van der Waals surface area (Å²) < 4.78 is 0. The van der Waals surface area contributed by atoms with Crippen LogP contribution in [0.1, 0.15) is 74.4 Å². The van der Waals surface area contributed by atoms with E-state index in [-0.39, 0.29) is 11.2 Å². The Bertz CT molecular complexity index is 433. The van der Waals surface area contributed by atoms with E-state index in [9.17, 15) is 4.79 Å². The van der Waals surface area contributed by atoms with Crippen LogP contribution in [0, 0.1) is 0 Å². The predicted octanol–water partition coefficient (Wildman–Crippen LogP) is 4.45. The minimum Gasteiger partial charge on any atom is -0.294 e. The fourth-order valence-corrected chi connectivity index (χ4v) is 2.10. The molecule has 1 aromatic carbocycles. The highest BCUT2D eigenvalue weighted by Crippen LogP contribution is 2.41. The van der Waals surface area contributed by atoms with Crippen LogP contribution in [0.3, 0.4) is 0 Å². The molecule has 1 nitrogen and oxygen atoms in total. The average Bonchev–Trinajstić information content (AvgIpc) is 3.10. The van der Waals surface area contributed by atoms with Gasteiger partial charge in [-0.25, -0.2) is 0 Å². The van der Waals surface area contributed by atoms with E-state index in [1.54, 1.807) is 0 Å². The lowest BCUT2D eigenvalue weighted by molar-refractivity contribution is 0.0988. The second-order valence-electron chi connectivity index (χ2n) is 6.14. The molecule has 0 amide bonds. The molecule has 1 aliphatic carbocycles. The van der Waals surface area contributed by atoms with Crippen LogP contribution in [0.25, 0.3) is 0 Å². The van der Waals surface area contributed by atoms with Crippen LogP contribution in [0.5, 0.6) is 0 Å². The molecule has 0 spiro atoms. The van der Waals surface area contributed by atoms with Gasteiger partial charge in [0.15, 0.2) is 5.78 Å². The van der Waals surface area contributed by atoms with Gasteiger partial charge in [0.25, 0.3) is 0 Å². The number of hydrogen-bond acceptors (Lipinski definition) is 1. The highest BCUT2D eigenvalue weighted by atomic mass is 16.1. The zero-order valence-corrected chi connectivity index (χ0v) is 11.3. The Morgan fingerprint density at radius 2 is 1.88 bits per heavy atom. The van der Waals surface area contributed by atoms with Crippen molar-refractivity contribution in [3.8, 4) is 0 Å². The maximum absolute atomic E-state index is 11.9. The Balaban J connectivity index is 2.46. The minimum absolute atomic E-state index is 0.119. The number of benzene rings is 1. The van der Waals surface area contributed by atoms with E-state index in [1.165, 1.54) is 24.0 Å². The van der Waals surface area contributed by atoms with E-state index < -0.39 is 0 Å². The number of carbonyl (C=O) groups is 1. The summed E-state index contributed by atoms with van der Waals surface area (Å²) in [4.78, 5) is 11.9. The van der Waals surface area contributed by atoms with Crippen LogP contribution < -0.4 is 0 Å². The minimum atomic E-state index is 0.119. The molecule has 1 aromatic rings. The summed E-state index contributed by atoms with van der Waals surface area (Å²) in [5.41, 5.74) is 3.68. The maximum Gasteiger partial charge on any atom is 0.162 e. The zero-order valence-electron chi connectivity index (χ0n) is 11.3. The molecule has 1 saturated carbocycles. The highest BCUT2D eigenvalue weighted by Gasteiger charge is 2.26. The van der Waals surface area contributed by atoms with Gasteiger partial charge in [-0.2, -0.15) is 0 Å². The zero-order chi connectivity index (χ0) is 12.6. The van der Waals surface area contributed by atoms with E-state index in [0.29, 0.717) is 12.3 Å². The lowest BCUT2D eigenvalue weighted by atomic mass is 9.84. The number of hydrogen-bond donors (Lipinski definition) is 0. The lowest BCUT2D eigenvalue weighted by Gasteiger charge is -2.21. The summed E-state index contributed by atoms with van der Waals surface area (Å²) in [6, 6.07) is 6.49. The first-order valence-corrected chi connectivity index (χ1v) is 6.60. The van der Waals surface area contributed by atoms with Crippen LogP contribution in [0.4, 0.5) is 0 Å². The van der Waals surface area contributed by atoms with Gasteiger partial charge in [-0.3, -0.25) is 4.79 Å². The number of ketones is 1. The van der Waals surface area contributed by atoms with Gasteiger partial charge >= 0.3 is 0 Å². The van der Waals surface area contributed by atoms with Crippen molar-refractivity contribution in [1.82, 2.24) is 0 Å². The molecule has 0 N–H and O–H groups in total. The predicted molar refractivity (Wildman–Crippen MR) is 71.7 cm³/mol. The SMILES string of the molecule is CCC(=O)c1cc(C2CC2)cc(C(C)(C)C)c1. The van der Waals surface area contributed by atoms with Gasteiger partial charge in [0.05, 0.1) is 0 Å². The molecule has 0 aliphatic heterocycles. The van der Waals surface area contributed by atoms with Gasteiger partial charge < -0.3 is 0 Å². The van der Waals surface area contributed by atoms with Crippen molar-refractivity contribution in [2.45, 2.75) is 58.3 Å². The monoisotopic (exact) mass is 230 g/mol. The summed E-state index contributed by atoms with van der Waals surface area (Å²) in [5.74, 6) is 0.971. The van der Waals surface area contributed by atoms with Crippen molar-refractivity contribution in [1.29, 1.82) is 0 Å². The van der Waals surface area contributed by atoms with Crippen LogP contribution in [0.2, 0.25) is 0 Å². The molecule has 2 rings (SSSR count). The molecular formula is C16H22O. The van der Waals surface area contributed by atoms with Gasteiger partial charge in [-0.15, -0.1) is 0 Å². The molecule has 1 aliphatic rings. The van der Waals surface area contributed by atoms with Crippen molar-refractivity contribution in [2.24, 2.45) is 0 Å². The topological polar surface area (TPSA) is 17.1 Å². The Morgan fingerprint density at radius 3 is 2.35 bits per heavy atom. The van der Waals surface area contributed by atoms with Crippen molar-refractivity contribution < 1.29 is 4.79 Å². The van der Waals surface area contributed by atoms with Crippen molar-refractivity contribution in [3.63, 3.8) is 0 Å². The molecule has 92 valence electrons. The molecule has 0 saturated heterocycles. The standard InChI is InChI=1S/C16H22O/c1-5-15(17)13-8-12(11-6-7-11)9-14(10-13)16(2,3)4/h8-11H,5-7H2,1-4H3. The van der Waals surface area contributed by atoms with Crippen LogP contribution in [0.15, 0.2) is 18.2 Å². The van der Waals surface area contributed by atoms with Crippen LogP contribution in [-0.4, -0.2) is 5.78 Å². The molecule has 17 heavy (non-hydrogen) atoms. The highest BCUT2D eigenvalue weighted by molar-refractivity contribution is 5.96. The molecule has 0 radical (unpaired) electrons. The number of carbonyl (C=O) groups excluding carboxylic acids is 1. The number of rotatable bonds is 3. The number of Topliss-reactive ketones (excluding diaryl/α,β-unsaturated/α-hetero) is 1. The molecule has 1 fully saturated rings. The molecule has 0 aromatic heterocycles. The van der Waals surface area contributed by atoms with Gasteiger partial charge in [-0.1, -0.05) is 33.8 Å². The van der Waals surface area contributed by atoms with E-state index in [4.69, 9.17) is 0 Å². The fraction of sp³-hybridized carbons (Fsp3) is 0.562. The van der Waals surface area contributed by atoms with E-state index in [0.717, 1.165) is 5.56 Å². The largest absolute Gasteiger partial charge is 0.294 e. The first kappa shape index (κ1) is 12.3. The molecule has 0 atom stereocenters. The van der Waals surface area contributed by atoms with Crippen molar-refractivity contribution >= 4 is 5.78 Å². The summed E-state index contributed by atoms with van der Waals surface area (Å²) in [7, 11) is 0. The molecule has 0 heterocycles. The van der Waals surface area contributed by atoms with E-state index in [1.807, 2.05) is 6.92 Å².